The SMILES string of the molecule is COc1ccc(CC(=O)C2CCCCCCC2)cc1. The molecule has 1 saturated carbocycles. The summed E-state index contributed by atoms with van der Waals surface area (Å²) in [5, 5.41) is 0. The van der Waals surface area contributed by atoms with E-state index in [1.165, 1.54) is 32.1 Å². The molecule has 2 rings (SSSR count). The van der Waals surface area contributed by atoms with Gasteiger partial charge in [0.15, 0.2) is 0 Å². The summed E-state index contributed by atoms with van der Waals surface area (Å²) in [5.74, 6) is 1.57. The van der Waals surface area contributed by atoms with Crippen LogP contribution >= 0.6 is 0 Å². The highest BCUT2D eigenvalue weighted by Gasteiger charge is 2.19. The van der Waals surface area contributed by atoms with E-state index in [1.54, 1.807) is 7.11 Å². The van der Waals surface area contributed by atoms with Gasteiger partial charge in [-0.25, -0.2) is 0 Å². The monoisotopic (exact) mass is 260 g/mol. The number of Topliss-reactive ketones (excluding diaryl/α,β-unsaturated/α-hetero) is 1. The smallest absolute Gasteiger partial charge is 0.140 e. The van der Waals surface area contributed by atoms with Crippen LogP contribution in [0.5, 0.6) is 5.75 Å². The molecule has 1 aromatic carbocycles. The van der Waals surface area contributed by atoms with Crippen LogP contribution in [0.1, 0.15) is 50.5 Å². The normalized spacial score (nSPS) is 17.5. The number of carbonyl (C=O) groups excluding carboxylic acids is 1. The van der Waals surface area contributed by atoms with Crippen molar-refractivity contribution in [1.82, 2.24) is 0 Å². The number of carbonyl (C=O) groups is 1. The first-order valence-corrected chi connectivity index (χ1v) is 7.45. The van der Waals surface area contributed by atoms with Crippen molar-refractivity contribution in [3.8, 4) is 5.75 Å². The summed E-state index contributed by atoms with van der Waals surface area (Å²) in [5.41, 5.74) is 1.10. The minimum Gasteiger partial charge on any atom is -0.497 e. The maximum atomic E-state index is 12.4. The van der Waals surface area contributed by atoms with E-state index < -0.39 is 0 Å². The summed E-state index contributed by atoms with van der Waals surface area (Å²) in [6, 6.07) is 7.86. The van der Waals surface area contributed by atoms with E-state index in [0.29, 0.717) is 18.1 Å². The van der Waals surface area contributed by atoms with Gasteiger partial charge < -0.3 is 4.74 Å². The summed E-state index contributed by atoms with van der Waals surface area (Å²) < 4.78 is 5.14. The number of ether oxygens (including phenoxy) is 1. The number of methoxy groups -OCH3 is 1. The van der Waals surface area contributed by atoms with Gasteiger partial charge in [0.2, 0.25) is 0 Å². The number of rotatable bonds is 4. The summed E-state index contributed by atoms with van der Waals surface area (Å²) in [6.07, 6.45) is 9.15. The molecular formula is C17H24O2. The standard InChI is InChI=1S/C17H24O2/c1-19-16-11-9-14(10-12-16)13-17(18)15-7-5-3-2-4-6-8-15/h9-12,15H,2-8,13H2,1H3. The fraction of sp³-hybridized carbons (Fsp3) is 0.588. The summed E-state index contributed by atoms with van der Waals surface area (Å²) in [6.45, 7) is 0. The second kappa shape index (κ2) is 7.32. The number of benzene rings is 1. The maximum absolute atomic E-state index is 12.4. The Morgan fingerprint density at radius 2 is 1.63 bits per heavy atom. The van der Waals surface area contributed by atoms with Crippen LogP contribution < -0.4 is 4.74 Å². The second-order valence-corrected chi connectivity index (χ2v) is 5.53. The van der Waals surface area contributed by atoms with Crippen LogP contribution in [0, 0.1) is 5.92 Å². The van der Waals surface area contributed by atoms with Gasteiger partial charge in [-0.05, 0) is 30.5 Å². The van der Waals surface area contributed by atoms with Gasteiger partial charge in [0.05, 0.1) is 7.11 Å². The number of hydrogen-bond donors (Lipinski definition) is 0. The Labute approximate surface area is 116 Å². The van der Waals surface area contributed by atoms with Crippen molar-refractivity contribution in [2.75, 3.05) is 7.11 Å². The van der Waals surface area contributed by atoms with Gasteiger partial charge in [0.25, 0.3) is 0 Å². The van der Waals surface area contributed by atoms with Crippen molar-refractivity contribution >= 4 is 5.78 Å². The Hall–Kier alpha value is -1.31. The fourth-order valence-electron chi connectivity index (χ4n) is 2.87. The lowest BCUT2D eigenvalue weighted by Gasteiger charge is -2.18. The molecule has 2 nitrogen and oxygen atoms in total. The number of hydrogen-bond acceptors (Lipinski definition) is 2. The van der Waals surface area contributed by atoms with E-state index in [2.05, 4.69) is 0 Å². The average Bonchev–Trinajstić information content (AvgIpc) is 2.39. The zero-order valence-corrected chi connectivity index (χ0v) is 11.9. The molecule has 0 amide bonds. The molecule has 104 valence electrons. The molecule has 0 heterocycles. The average molecular weight is 260 g/mol. The van der Waals surface area contributed by atoms with Crippen LogP contribution in [-0.4, -0.2) is 12.9 Å². The molecule has 0 spiro atoms. The van der Waals surface area contributed by atoms with Gasteiger partial charge in [-0.2, -0.15) is 0 Å². The Kier molecular flexibility index (Phi) is 5.44. The first-order valence-electron chi connectivity index (χ1n) is 7.45. The zero-order valence-electron chi connectivity index (χ0n) is 11.9. The predicted octanol–water partition coefficient (Wildman–Crippen LogP) is 4.17. The van der Waals surface area contributed by atoms with Crippen molar-refractivity contribution in [1.29, 1.82) is 0 Å². The molecule has 1 aliphatic rings. The second-order valence-electron chi connectivity index (χ2n) is 5.53. The minimum absolute atomic E-state index is 0.294. The van der Waals surface area contributed by atoms with Crippen LogP contribution in [0.3, 0.4) is 0 Å². The first-order chi connectivity index (χ1) is 9.29. The maximum Gasteiger partial charge on any atom is 0.140 e. The van der Waals surface area contributed by atoms with E-state index in [1.807, 2.05) is 24.3 Å². The van der Waals surface area contributed by atoms with Crippen LogP contribution in [0.2, 0.25) is 0 Å². The number of ketones is 1. The molecule has 1 aliphatic carbocycles. The third-order valence-electron chi connectivity index (χ3n) is 4.10. The molecule has 0 aliphatic heterocycles. The molecule has 0 atom stereocenters. The van der Waals surface area contributed by atoms with E-state index in [0.717, 1.165) is 24.2 Å². The molecule has 2 heteroatoms. The van der Waals surface area contributed by atoms with Gasteiger partial charge in [0.1, 0.15) is 11.5 Å². The molecule has 0 unspecified atom stereocenters. The van der Waals surface area contributed by atoms with Gasteiger partial charge >= 0.3 is 0 Å². The molecule has 0 aromatic heterocycles. The topological polar surface area (TPSA) is 26.3 Å². The van der Waals surface area contributed by atoms with E-state index in [9.17, 15) is 4.79 Å². The molecule has 0 N–H and O–H groups in total. The highest BCUT2D eigenvalue weighted by Crippen LogP contribution is 2.24. The third kappa shape index (κ3) is 4.38. The summed E-state index contributed by atoms with van der Waals surface area (Å²) in [4.78, 5) is 12.4. The van der Waals surface area contributed by atoms with E-state index in [-0.39, 0.29) is 0 Å². The Morgan fingerprint density at radius 3 is 2.21 bits per heavy atom. The van der Waals surface area contributed by atoms with Gasteiger partial charge in [-0.15, -0.1) is 0 Å². The predicted molar refractivity (Wildman–Crippen MR) is 77.5 cm³/mol. The molecule has 19 heavy (non-hydrogen) atoms. The van der Waals surface area contributed by atoms with Crippen molar-refractivity contribution in [2.45, 2.75) is 51.4 Å². The quantitative estimate of drug-likeness (QED) is 0.812. The molecule has 0 saturated heterocycles. The Balaban J connectivity index is 1.90. The lowest BCUT2D eigenvalue weighted by molar-refractivity contribution is -0.122. The van der Waals surface area contributed by atoms with Gasteiger partial charge in [-0.3, -0.25) is 4.79 Å². The van der Waals surface area contributed by atoms with Gasteiger partial charge in [-0.1, -0.05) is 44.2 Å². The molecular weight excluding hydrogens is 236 g/mol. The van der Waals surface area contributed by atoms with Crippen LogP contribution in [0.25, 0.3) is 0 Å². The lowest BCUT2D eigenvalue weighted by Crippen LogP contribution is -2.18. The van der Waals surface area contributed by atoms with Crippen molar-refractivity contribution < 1.29 is 9.53 Å². The van der Waals surface area contributed by atoms with Crippen LogP contribution in [0.4, 0.5) is 0 Å². The fourth-order valence-corrected chi connectivity index (χ4v) is 2.87. The highest BCUT2D eigenvalue weighted by atomic mass is 16.5. The van der Waals surface area contributed by atoms with E-state index in [4.69, 9.17) is 4.74 Å². The van der Waals surface area contributed by atoms with Crippen LogP contribution in [0.15, 0.2) is 24.3 Å². The first kappa shape index (κ1) is 14.1. The lowest BCUT2D eigenvalue weighted by atomic mass is 9.86. The molecule has 1 fully saturated rings. The zero-order chi connectivity index (χ0) is 13.5. The third-order valence-corrected chi connectivity index (χ3v) is 4.10. The summed E-state index contributed by atoms with van der Waals surface area (Å²) in [7, 11) is 1.66. The molecule has 0 radical (unpaired) electrons. The minimum atomic E-state index is 0.294. The molecule has 1 aromatic rings. The Morgan fingerprint density at radius 1 is 1.05 bits per heavy atom. The van der Waals surface area contributed by atoms with Crippen molar-refractivity contribution in [3.63, 3.8) is 0 Å². The largest absolute Gasteiger partial charge is 0.497 e. The van der Waals surface area contributed by atoms with Crippen molar-refractivity contribution in [3.05, 3.63) is 29.8 Å². The highest BCUT2D eigenvalue weighted by molar-refractivity contribution is 5.83. The molecule has 0 bridgehead atoms. The van der Waals surface area contributed by atoms with E-state index >= 15 is 0 Å². The van der Waals surface area contributed by atoms with Crippen LogP contribution in [-0.2, 0) is 11.2 Å². The van der Waals surface area contributed by atoms with Gasteiger partial charge in [0, 0.05) is 12.3 Å². The van der Waals surface area contributed by atoms with Crippen molar-refractivity contribution in [2.24, 2.45) is 5.92 Å². The Bertz CT molecular complexity index is 386. The summed E-state index contributed by atoms with van der Waals surface area (Å²) >= 11 is 0.